The second kappa shape index (κ2) is 24.7. The number of rotatable bonds is 28. The minimum absolute atomic E-state index is 0.119. The van der Waals surface area contributed by atoms with Gasteiger partial charge in [0.05, 0.1) is 48.0 Å². The van der Waals surface area contributed by atoms with E-state index in [0.29, 0.717) is 55.6 Å². The Kier molecular flexibility index (Phi) is 21.8. The van der Waals surface area contributed by atoms with Gasteiger partial charge in [0.1, 0.15) is 12.2 Å². The number of carbonyl (C=O) groups excluding carboxylic acids is 2. The number of hydrogen-bond acceptors (Lipinski definition) is 9. The van der Waals surface area contributed by atoms with E-state index >= 15 is 0 Å². The number of esters is 2. The molecule has 0 spiro atoms. The molecule has 0 bridgehead atoms. The number of nitrogens with two attached hydrogens (primary N) is 1. The first kappa shape index (κ1) is 68.0. The molecule has 0 aromatic carbocycles. The van der Waals surface area contributed by atoms with Crippen molar-refractivity contribution in [3.63, 3.8) is 0 Å². The average Bonchev–Trinajstić information content (AvgIpc) is 3.54. The van der Waals surface area contributed by atoms with E-state index in [-0.39, 0.29) is 53.1 Å². The summed E-state index contributed by atoms with van der Waals surface area (Å²) in [5.41, 5.74) is 5.90. The van der Waals surface area contributed by atoms with E-state index in [9.17, 15) is 9.59 Å². The fourth-order valence-electron chi connectivity index (χ4n) is 16.1. The molecule has 4 aliphatic rings. The summed E-state index contributed by atoms with van der Waals surface area (Å²) in [7, 11) is 1.70. The Morgan fingerprint density at radius 1 is 0.662 bits per heavy atom. The molecular weight excluding hydrogens is 959 g/mol. The Labute approximate surface area is 475 Å². The SMILES string of the molecule is COCCC(C)(C)OCCC(C)(C)OCCOC(=O)C(CC(C)(C)C)C(C)(C)C(C)(N)CC(C(=O)OC(C)(C)CC(C)(C)OC1CC[C@@]2(C)C(=CC[C@H]3[C@]4(C)CC[C@](C)([C@H](C)CCCC(C)C)[C@H]4CC[C@@]32C)C1)C(C)(C)C. The van der Waals surface area contributed by atoms with Crippen LogP contribution in [0.5, 0.6) is 0 Å². The first-order valence-electron chi connectivity index (χ1n) is 31.2. The summed E-state index contributed by atoms with van der Waals surface area (Å²) in [5.74, 6) is 1.46. The van der Waals surface area contributed by atoms with E-state index in [1.54, 1.807) is 12.7 Å². The summed E-state index contributed by atoms with van der Waals surface area (Å²) >= 11 is 0. The van der Waals surface area contributed by atoms with Crippen molar-refractivity contribution < 1.29 is 38.0 Å². The molecule has 2 N–H and O–H groups in total. The highest BCUT2D eigenvalue weighted by Gasteiger charge is 2.67. The second-order valence-electron chi connectivity index (χ2n) is 33.2. The zero-order valence-electron chi connectivity index (χ0n) is 55.1. The summed E-state index contributed by atoms with van der Waals surface area (Å²) in [6.45, 7) is 55.1. The van der Waals surface area contributed by atoms with Crippen LogP contribution in [0, 0.1) is 73.4 Å². The van der Waals surface area contributed by atoms with Crippen molar-refractivity contribution >= 4 is 11.9 Å². The van der Waals surface area contributed by atoms with Crippen LogP contribution in [0.3, 0.4) is 0 Å². The average molecular weight is 1080 g/mol. The molecule has 0 aromatic heterocycles. The Bertz CT molecular complexity index is 1960. The highest BCUT2D eigenvalue weighted by molar-refractivity contribution is 5.75. The van der Waals surface area contributed by atoms with E-state index in [1.165, 1.54) is 51.4 Å². The molecule has 3 saturated carbocycles. The lowest BCUT2D eigenvalue weighted by Crippen LogP contribution is -2.59. The Morgan fingerprint density at radius 2 is 1.26 bits per heavy atom. The molecule has 0 aliphatic heterocycles. The number of fused-ring (bicyclic) bond motifs is 5. The van der Waals surface area contributed by atoms with Gasteiger partial charge in [-0.15, -0.1) is 0 Å². The zero-order valence-corrected chi connectivity index (χ0v) is 55.1. The maximum Gasteiger partial charge on any atom is 0.310 e. The van der Waals surface area contributed by atoms with E-state index in [1.807, 2.05) is 34.6 Å². The maximum absolute atomic E-state index is 14.7. The first-order valence-corrected chi connectivity index (χ1v) is 31.2. The molecule has 11 atom stereocenters. The molecule has 450 valence electrons. The van der Waals surface area contributed by atoms with Gasteiger partial charge in [-0.1, -0.05) is 135 Å². The molecule has 4 aliphatic carbocycles. The minimum Gasteiger partial charge on any atom is -0.463 e. The summed E-state index contributed by atoms with van der Waals surface area (Å²) in [6, 6.07) is 0. The van der Waals surface area contributed by atoms with Crippen molar-refractivity contribution in [2.45, 2.75) is 303 Å². The molecule has 0 saturated heterocycles. The number of carbonyl (C=O) groups is 2. The zero-order chi connectivity index (χ0) is 58.9. The van der Waals surface area contributed by atoms with Crippen LogP contribution in [-0.4, -0.2) is 79.5 Å². The van der Waals surface area contributed by atoms with Gasteiger partial charge in [0.2, 0.25) is 0 Å². The minimum atomic E-state index is -0.957. The van der Waals surface area contributed by atoms with E-state index in [0.717, 1.165) is 43.4 Å². The topological polar surface area (TPSA) is 116 Å². The highest BCUT2D eigenvalue weighted by Crippen LogP contribution is 2.75. The van der Waals surface area contributed by atoms with Gasteiger partial charge in [0, 0.05) is 25.7 Å². The predicted molar refractivity (Wildman–Crippen MR) is 320 cm³/mol. The smallest absolute Gasteiger partial charge is 0.310 e. The van der Waals surface area contributed by atoms with Crippen molar-refractivity contribution in [3.8, 4) is 0 Å². The number of methoxy groups -OCH3 is 1. The number of allylic oxidation sites excluding steroid dienone is 1. The lowest BCUT2D eigenvalue weighted by molar-refractivity contribution is -0.179. The highest BCUT2D eigenvalue weighted by atomic mass is 16.6. The maximum atomic E-state index is 14.7. The van der Waals surface area contributed by atoms with Gasteiger partial charge in [0.25, 0.3) is 0 Å². The van der Waals surface area contributed by atoms with Crippen molar-refractivity contribution in [2.75, 3.05) is 33.5 Å². The molecule has 77 heavy (non-hydrogen) atoms. The van der Waals surface area contributed by atoms with Gasteiger partial charge < -0.3 is 34.2 Å². The molecule has 9 heteroatoms. The largest absolute Gasteiger partial charge is 0.463 e. The molecule has 9 nitrogen and oxygen atoms in total. The van der Waals surface area contributed by atoms with Crippen LogP contribution >= 0.6 is 0 Å². The van der Waals surface area contributed by atoms with Gasteiger partial charge in [-0.2, -0.15) is 0 Å². The fourth-order valence-corrected chi connectivity index (χ4v) is 16.1. The van der Waals surface area contributed by atoms with Crippen molar-refractivity contribution in [1.29, 1.82) is 0 Å². The number of ether oxygens (including phenoxy) is 6. The Balaban J connectivity index is 1.40. The first-order chi connectivity index (χ1) is 34.8. The van der Waals surface area contributed by atoms with E-state index in [2.05, 4.69) is 138 Å². The summed E-state index contributed by atoms with van der Waals surface area (Å²) in [6.07, 6.45) is 19.7. The Morgan fingerprint density at radius 3 is 1.83 bits per heavy atom. The fraction of sp³-hybridized carbons (Fsp3) is 0.941. The van der Waals surface area contributed by atoms with E-state index in [4.69, 9.17) is 34.2 Å². The van der Waals surface area contributed by atoms with Gasteiger partial charge in [-0.3, -0.25) is 9.59 Å². The van der Waals surface area contributed by atoms with Crippen LogP contribution < -0.4 is 5.73 Å². The van der Waals surface area contributed by atoms with Gasteiger partial charge in [-0.25, -0.2) is 0 Å². The van der Waals surface area contributed by atoms with Crippen LogP contribution in [0.15, 0.2) is 11.6 Å². The molecular formula is C68H125NO8. The van der Waals surface area contributed by atoms with Crippen molar-refractivity contribution in [1.82, 2.24) is 0 Å². The van der Waals surface area contributed by atoms with Crippen LogP contribution in [0.25, 0.3) is 0 Å². The van der Waals surface area contributed by atoms with Crippen LogP contribution in [0.4, 0.5) is 0 Å². The van der Waals surface area contributed by atoms with Crippen LogP contribution in [0.2, 0.25) is 0 Å². The third-order valence-corrected chi connectivity index (χ3v) is 21.9. The van der Waals surface area contributed by atoms with Gasteiger partial charge >= 0.3 is 11.9 Å². The summed E-state index contributed by atoms with van der Waals surface area (Å²) < 4.78 is 37.5. The quantitative estimate of drug-likeness (QED) is 0.0464. The molecule has 4 unspecified atom stereocenters. The molecule has 0 aromatic rings. The van der Waals surface area contributed by atoms with Crippen LogP contribution in [0.1, 0.15) is 269 Å². The monoisotopic (exact) mass is 1080 g/mol. The lowest BCUT2D eigenvalue weighted by Gasteiger charge is -2.66. The molecule has 0 radical (unpaired) electrons. The van der Waals surface area contributed by atoms with E-state index < -0.39 is 45.0 Å². The normalized spacial score (nSPS) is 29.6. The second-order valence-corrected chi connectivity index (χ2v) is 33.2. The molecule has 4 rings (SSSR count). The summed E-state index contributed by atoms with van der Waals surface area (Å²) in [5, 5.41) is 0. The van der Waals surface area contributed by atoms with Gasteiger partial charge in [-0.05, 0) is 201 Å². The Hall–Kier alpha value is -1.52. The standard InChI is InChI=1S/C68H125NO8/c1-47(2)27-26-28-48(3)64(20)35-36-65(21)53(64)32-34-67(23)54(65)30-29-49-43-50(31-33-66(49,67)22)76-61(14,15)46-62(16,17)77-56(71)51(58(7,8)9)45-68(24,69)63(18,19)52(44-57(4,5)6)55(70)73-41-42-75-60(12,13)38-40-74-59(10,11)37-39-72-25/h29,47-48,50-54H,26-28,30-46,69H2,1-25H3/t48-,50?,51?,52?,53-,54+,64-,65-,66+,67+,68?/m1/s1. The van der Waals surface area contributed by atoms with Gasteiger partial charge in [0.15, 0.2) is 0 Å². The van der Waals surface area contributed by atoms with Crippen molar-refractivity contribution in [2.24, 2.45) is 79.1 Å². The third kappa shape index (κ3) is 16.6. The third-order valence-electron chi connectivity index (χ3n) is 21.9. The summed E-state index contributed by atoms with van der Waals surface area (Å²) in [4.78, 5) is 29.0. The van der Waals surface area contributed by atoms with Crippen LogP contribution in [-0.2, 0) is 38.0 Å². The lowest BCUT2D eigenvalue weighted by atomic mass is 9.39. The molecule has 3 fully saturated rings. The molecule has 0 amide bonds. The number of hydrogen-bond donors (Lipinski definition) is 1. The molecule has 0 heterocycles. The predicted octanol–water partition coefficient (Wildman–Crippen LogP) is 17.1. The van der Waals surface area contributed by atoms with Crippen molar-refractivity contribution in [3.05, 3.63) is 11.6 Å².